The van der Waals surface area contributed by atoms with Crippen LogP contribution in [0.25, 0.3) is 10.9 Å². The van der Waals surface area contributed by atoms with Gasteiger partial charge in [-0.1, -0.05) is 48.0 Å². The number of pyridine rings is 1. The lowest BCUT2D eigenvalue weighted by atomic mass is 10.1. The van der Waals surface area contributed by atoms with E-state index in [0.29, 0.717) is 11.4 Å². The van der Waals surface area contributed by atoms with Crippen molar-refractivity contribution >= 4 is 32.5 Å². The van der Waals surface area contributed by atoms with Crippen LogP contribution in [-0.2, 0) is 16.6 Å². The van der Waals surface area contributed by atoms with Gasteiger partial charge in [0.2, 0.25) is 10.0 Å². The molecule has 0 amide bonds. The maximum absolute atomic E-state index is 12.5. The van der Waals surface area contributed by atoms with Gasteiger partial charge in [-0.25, -0.2) is 18.1 Å². The number of aromatic nitrogens is 1. The van der Waals surface area contributed by atoms with Crippen LogP contribution >= 0.6 is 11.6 Å². The first kappa shape index (κ1) is 20.3. The first-order valence-corrected chi connectivity index (χ1v) is 11.6. The molecule has 1 aliphatic heterocycles. The van der Waals surface area contributed by atoms with Crippen LogP contribution < -0.4 is 4.72 Å². The normalized spacial score (nSPS) is 16.3. The molecule has 3 aromatic rings. The highest BCUT2D eigenvalue weighted by Gasteiger charge is 2.25. The van der Waals surface area contributed by atoms with Crippen LogP contribution in [0.3, 0.4) is 0 Å². The fourth-order valence-electron chi connectivity index (χ4n) is 3.83. The molecule has 7 heteroatoms. The lowest BCUT2D eigenvalue weighted by Crippen LogP contribution is -2.44. The molecule has 1 saturated heterocycles. The Balaban J connectivity index is 1.41. The van der Waals surface area contributed by atoms with E-state index in [9.17, 15) is 8.42 Å². The molecule has 5 nitrogen and oxygen atoms in total. The van der Waals surface area contributed by atoms with Crippen molar-refractivity contribution in [2.24, 2.45) is 0 Å². The molecule has 1 fully saturated rings. The van der Waals surface area contributed by atoms with E-state index in [1.54, 1.807) is 24.3 Å². The van der Waals surface area contributed by atoms with Crippen LogP contribution in [0, 0.1) is 6.92 Å². The Bertz CT molecular complexity index is 1110. The highest BCUT2D eigenvalue weighted by Crippen LogP contribution is 2.28. The summed E-state index contributed by atoms with van der Waals surface area (Å²) in [6, 6.07) is 16.5. The number of hydrogen-bond acceptors (Lipinski definition) is 4. The number of piperidine rings is 1. The number of para-hydroxylation sites is 1. The predicted molar refractivity (Wildman–Crippen MR) is 117 cm³/mol. The van der Waals surface area contributed by atoms with Crippen molar-refractivity contribution in [3.8, 4) is 0 Å². The van der Waals surface area contributed by atoms with Crippen LogP contribution in [0.1, 0.15) is 24.1 Å². The Kier molecular flexibility index (Phi) is 5.88. The highest BCUT2D eigenvalue weighted by atomic mass is 35.5. The summed E-state index contributed by atoms with van der Waals surface area (Å²) in [4.78, 5) is 7.36. The fraction of sp³-hybridized carbons (Fsp3) is 0.318. The first-order chi connectivity index (χ1) is 13.9. The second-order valence-corrected chi connectivity index (χ2v) is 9.59. The molecule has 1 aliphatic rings. The van der Waals surface area contributed by atoms with E-state index in [-0.39, 0.29) is 6.04 Å². The van der Waals surface area contributed by atoms with Crippen molar-refractivity contribution in [2.45, 2.75) is 37.2 Å². The number of nitrogens with one attached hydrogen (secondary N) is 1. The third-order valence-corrected chi connectivity index (χ3v) is 7.52. The van der Waals surface area contributed by atoms with Gasteiger partial charge in [-0.05, 0) is 43.5 Å². The molecule has 2 aromatic carbocycles. The Hall–Kier alpha value is -1.99. The Morgan fingerprint density at radius 2 is 1.72 bits per heavy atom. The molecule has 0 atom stereocenters. The van der Waals surface area contributed by atoms with E-state index in [4.69, 9.17) is 16.6 Å². The Labute approximate surface area is 176 Å². The molecule has 1 aromatic heterocycles. The lowest BCUT2D eigenvalue weighted by Gasteiger charge is -2.32. The monoisotopic (exact) mass is 429 g/mol. The number of aryl methyl sites for hydroxylation is 1. The van der Waals surface area contributed by atoms with E-state index >= 15 is 0 Å². The molecular weight excluding hydrogens is 406 g/mol. The van der Waals surface area contributed by atoms with Crippen molar-refractivity contribution in [2.75, 3.05) is 13.1 Å². The number of likely N-dealkylation sites (tertiary alicyclic amines) is 1. The minimum Gasteiger partial charge on any atom is -0.297 e. The number of halogens is 1. The van der Waals surface area contributed by atoms with Crippen LogP contribution in [0.15, 0.2) is 59.5 Å². The smallest absolute Gasteiger partial charge is 0.240 e. The molecule has 4 rings (SSSR count). The van der Waals surface area contributed by atoms with Gasteiger partial charge in [-0.15, -0.1) is 0 Å². The van der Waals surface area contributed by atoms with E-state index in [0.717, 1.165) is 53.1 Å². The van der Waals surface area contributed by atoms with E-state index < -0.39 is 10.0 Å². The van der Waals surface area contributed by atoms with Crippen LogP contribution in [0.2, 0.25) is 5.02 Å². The zero-order valence-electron chi connectivity index (χ0n) is 16.3. The van der Waals surface area contributed by atoms with Crippen molar-refractivity contribution < 1.29 is 8.42 Å². The number of benzene rings is 2. The third kappa shape index (κ3) is 4.46. The SMILES string of the molecule is Cc1c(Cl)c(CN2CCC(NS(=O)(=O)c3ccccc3)CC2)nc2ccccc12. The molecule has 0 bridgehead atoms. The maximum atomic E-state index is 12.5. The van der Waals surface area contributed by atoms with Gasteiger partial charge in [0.15, 0.2) is 0 Å². The van der Waals surface area contributed by atoms with Gasteiger partial charge in [-0.3, -0.25) is 4.90 Å². The largest absolute Gasteiger partial charge is 0.297 e. The summed E-state index contributed by atoms with van der Waals surface area (Å²) in [6.45, 7) is 4.29. The maximum Gasteiger partial charge on any atom is 0.240 e. The fourth-order valence-corrected chi connectivity index (χ4v) is 5.36. The van der Waals surface area contributed by atoms with E-state index in [2.05, 4.69) is 9.62 Å². The molecule has 0 radical (unpaired) electrons. The molecule has 29 heavy (non-hydrogen) atoms. The molecule has 0 unspecified atom stereocenters. The minimum atomic E-state index is -3.47. The number of rotatable bonds is 5. The lowest BCUT2D eigenvalue weighted by molar-refractivity contribution is 0.198. The summed E-state index contributed by atoms with van der Waals surface area (Å²) >= 11 is 6.59. The summed E-state index contributed by atoms with van der Waals surface area (Å²) in [5.41, 5.74) is 2.89. The van der Waals surface area contributed by atoms with Gasteiger partial charge in [-0.2, -0.15) is 0 Å². The summed E-state index contributed by atoms with van der Waals surface area (Å²) in [7, 11) is -3.47. The van der Waals surface area contributed by atoms with Gasteiger partial charge in [0.05, 0.1) is 21.1 Å². The van der Waals surface area contributed by atoms with E-state index in [1.165, 1.54) is 0 Å². The predicted octanol–water partition coefficient (Wildman–Crippen LogP) is 4.14. The minimum absolute atomic E-state index is 0.0572. The topological polar surface area (TPSA) is 62.3 Å². The molecule has 152 valence electrons. The summed E-state index contributed by atoms with van der Waals surface area (Å²) in [5, 5.41) is 1.80. The standard InChI is InChI=1S/C22H24ClN3O2S/c1-16-19-9-5-6-10-20(19)24-21(22(16)23)15-26-13-11-17(12-14-26)25-29(27,28)18-7-3-2-4-8-18/h2-10,17,25H,11-15H2,1H3. The van der Waals surface area contributed by atoms with Crippen molar-refractivity contribution in [1.82, 2.24) is 14.6 Å². The zero-order chi connectivity index (χ0) is 20.4. The summed E-state index contributed by atoms with van der Waals surface area (Å²) in [5.74, 6) is 0. The van der Waals surface area contributed by atoms with Gasteiger partial charge >= 0.3 is 0 Å². The Morgan fingerprint density at radius 1 is 1.07 bits per heavy atom. The summed E-state index contributed by atoms with van der Waals surface area (Å²) in [6.07, 6.45) is 1.52. The highest BCUT2D eigenvalue weighted by molar-refractivity contribution is 7.89. The number of hydrogen-bond donors (Lipinski definition) is 1. The van der Waals surface area contributed by atoms with E-state index in [1.807, 2.05) is 37.3 Å². The molecule has 2 heterocycles. The van der Waals surface area contributed by atoms with Gasteiger partial charge in [0.1, 0.15) is 0 Å². The zero-order valence-corrected chi connectivity index (χ0v) is 17.9. The molecule has 0 aliphatic carbocycles. The molecule has 1 N–H and O–H groups in total. The third-order valence-electron chi connectivity index (χ3n) is 5.48. The molecule has 0 saturated carbocycles. The van der Waals surface area contributed by atoms with Crippen molar-refractivity contribution in [3.63, 3.8) is 0 Å². The van der Waals surface area contributed by atoms with Crippen LogP contribution in [-0.4, -0.2) is 37.4 Å². The second kappa shape index (κ2) is 8.40. The quantitative estimate of drug-likeness (QED) is 0.662. The first-order valence-electron chi connectivity index (χ1n) is 9.77. The average Bonchev–Trinajstić information content (AvgIpc) is 2.74. The van der Waals surface area contributed by atoms with Crippen LogP contribution in [0.4, 0.5) is 0 Å². The second-order valence-electron chi connectivity index (χ2n) is 7.50. The number of fused-ring (bicyclic) bond motifs is 1. The van der Waals surface area contributed by atoms with Gasteiger partial charge in [0.25, 0.3) is 0 Å². The van der Waals surface area contributed by atoms with Gasteiger partial charge < -0.3 is 0 Å². The number of sulfonamides is 1. The number of nitrogens with zero attached hydrogens (tertiary/aromatic N) is 2. The van der Waals surface area contributed by atoms with Crippen LogP contribution in [0.5, 0.6) is 0 Å². The average molecular weight is 430 g/mol. The molecular formula is C22H24ClN3O2S. The van der Waals surface area contributed by atoms with Gasteiger partial charge in [0, 0.05) is 31.1 Å². The molecule has 0 spiro atoms. The Morgan fingerprint density at radius 3 is 2.45 bits per heavy atom. The summed E-state index contributed by atoms with van der Waals surface area (Å²) < 4.78 is 27.9. The van der Waals surface area contributed by atoms with Crippen molar-refractivity contribution in [3.05, 3.63) is 70.9 Å². The van der Waals surface area contributed by atoms with Crippen molar-refractivity contribution in [1.29, 1.82) is 0 Å².